The number of phenols is 1. The lowest BCUT2D eigenvalue weighted by atomic mass is 10.1. The van der Waals surface area contributed by atoms with Gasteiger partial charge in [0.1, 0.15) is 5.75 Å². The van der Waals surface area contributed by atoms with Crippen LogP contribution in [0, 0.1) is 0 Å². The van der Waals surface area contributed by atoms with E-state index in [1.165, 1.54) is 0 Å². The molecule has 1 unspecified atom stereocenters. The third kappa shape index (κ3) is 5.89. The Morgan fingerprint density at radius 1 is 1.50 bits per heavy atom. The summed E-state index contributed by atoms with van der Waals surface area (Å²) in [6, 6.07) is 6.61. The average molecular weight is 273 g/mol. The van der Waals surface area contributed by atoms with Gasteiger partial charge in [0.2, 0.25) is 5.91 Å². The molecule has 0 aliphatic carbocycles. The average Bonchev–Trinajstić information content (AvgIpc) is 2.29. The predicted octanol–water partition coefficient (Wildman–Crippen LogP) is 1.60. The first-order chi connectivity index (χ1) is 8.13. The fraction of sp³-hybridized carbons (Fsp3) is 0.462. The SMILES string of the molecule is CCCC(N)C(=O)NCCc1cccc(O)c1.Cl. The Morgan fingerprint density at radius 3 is 2.83 bits per heavy atom. The van der Waals surface area contributed by atoms with E-state index < -0.39 is 6.04 Å². The van der Waals surface area contributed by atoms with E-state index in [4.69, 9.17) is 5.73 Å². The summed E-state index contributed by atoms with van der Waals surface area (Å²) in [5.41, 5.74) is 6.67. The van der Waals surface area contributed by atoms with Crippen LogP contribution < -0.4 is 11.1 Å². The topological polar surface area (TPSA) is 75.4 Å². The Morgan fingerprint density at radius 2 is 2.22 bits per heavy atom. The van der Waals surface area contributed by atoms with Crippen molar-refractivity contribution in [2.75, 3.05) is 6.54 Å². The Bertz CT molecular complexity index is 372. The molecule has 0 saturated carbocycles. The Hall–Kier alpha value is -1.26. The Labute approximate surface area is 114 Å². The van der Waals surface area contributed by atoms with Gasteiger partial charge in [0.15, 0.2) is 0 Å². The van der Waals surface area contributed by atoms with Gasteiger partial charge in [-0.25, -0.2) is 0 Å². The number of carbonyl (C=O) groups is 1. The van der Waals surface area contributed by atoms with Crippen LogP contribution in [0.3, 0.4) is 0 Å². The van der Waals surface area contributed by atoms with Gasteiger partial charge < -0.3 is 16.2 Å². The van der Waals surface area contributed by atoms with Crippen molar-refractivity contribution >= 4 is 18.3 Å². The van der Waals surface area contributed by atoms with Gasteiger partial charge in [-0.05, 0) is 30.5 Å². The van der Waals surface area contributed by atoms with Crippen molar-refractivity contribution in [2.24, 2.45) is 5.73 Å². The number of hydrogen-bond acceptors (Lipinski definition) is 3. The molecule has 102 valence electrons. The van der Waals surface area contributed by atoms with Gasteiger partial charge in [-0.1, -0.05) is 25.5 Å². The second-order valence-corrected chi connectivity index (χ2v) is 4.11. The molecule has 0 aliphatic rings. The van der Waals surface area contributed by atoms with E-state index in [1.807, 2.05) is 13.0 Å². The highest BCUT2D eigenvalue weighted by molar-refractivity contribution is 5.85. The molecule has 0 radical (unpaired) electrons. The summed E-state index contributed by atoms with van der Waals surface area (Å²) in [6.07, 6.45) is 2.30. The number of benzene rings is 1. The van der Waals surface area contributed by atoms with Gasteiger partial charge in [0.25, 0.3) is 0 Å². The zero-order valence-corrected chi connectivity index (χ0v) is 11.4. The largest absolute Gasteiger partial charge is 0.508 e. The van der Waals surface area contributed by atoms with Crippen molar-refractivity contribution in [3.05, 3.63) is 29.8 Å². The molecule has 0 saturated heterocycles. The third-order valence-corrected chi connectivity index (χ3v) is 2.56. The minimum atomic E-state index is -0.413. The number of amides is 1. The van der Waals surface area contributed by atoms with Crippen LogP contribution in [0.5, 0.6) is 5.75 Å². The number of hydrogen-bond donors (Lipinski definition) is 3. The molecular formula is C13H21ClN2O2. The normalized spacial score (nSPS) is 11.4. The molecule has 1 atom stereocenters. The first-order valence-corrected chi connectivity index (χ1v) is 5.94. The molecule has 0 spiro atoms. The second kappa shape index (κ2) is 8.78. The Kier molecular flexibility index (Phi) is 8.16. The molecular weight excluding hydrogens is 252 g/mol. The highest BCUT2D eigenvalue weighted by Gasteiger charge is 2.10. The predicted molar refractivity (Wildman–Crippen MR) is 75.0 cm³/mol. The van der Waals surface area contributed by atoms with Crippen LogP contribution in [-0.4, -0.2) is 23.6 Å². The van der Waals surface area contributed by atoms with Crippen LogP contribution >= 0.6 is 12.4 Å². The zero-order valence-electron chi connectivity index (χ0n) is 10.6. The maximum absolute atomic E-state index is 11.5. The number of rotatable bonds is 6. The Balaban J connectivity index is 0.00000289. The summed E-state index contributed by atoms with van der Waals surface area (Å²) in [5.74, 6) is 0.142. The summed E-state index contributed by atoms with van der Waals surface area (Å²) < 4.78 is 0. The van der Waals surface area contributed by atoms with E-state index in [0.717, 1.165) is 12.0 Å². The number of halogens is 1. The van der Waals surface area contributed by atoms with Gasteiger partial charge in [-0.15, -0.1) is 12.4 Å². The molecule has 0 aromatic heterocycles. The molecule has 0 bridgehead atoms. The molecule has 0 aliphatic heterocycles. The summed E-state index contributed by atoms with van der Waals surface area (Å²) >= 11 is 0. The number of aromatic hydroxyl groups is 1. The fourth-order valence-electron chi connectivity index (χ4n) is 1.62. The van der Waals surface area contributed by atoms with Crippen molar-refractivity contribution in [3.8, 4) is 5.75 Å². The number of nitrogens with one attached hydrogen (secondary N) is 1. The summed E-state index contributed by atoms with van der Waals surface area (Å²) in [7, 11) is 0. The monoisotopic (exact) mass is 272 g/mol. The van der Waals surface area contributed by atoms with E-state index >= 15 is 0 Å². The highest BCUT2D eigenvalue weighted by atomic mass is 35.5. The van der Waals surface area contributed by atoms with Crippen LogP contribution in [0.4, 0.5) is 0 Å². The molecule has 5 heteroatoms. The van der Waals surface area contributed by atoms with Crippen LogP contribution in [0.25, 0.3) is 0 Å². The highest BCUT2D eigenvalue weighted by Crippen LogP contribution is 2.10. The van der Waals surface area contributed by atoms with E-state index in [2.05, 4.69) is 5.32 Å². The lowest BCUT2D eigenvalue weighted by molar-refractivity contribution is -0.122. The molecule has 0 heterocycles. The molecule has 4 nitrogen and oxygen atoms in total. The number of nitrogens with two attached hydrogens (primary N) is 1. The van der Waals surface area contributed by atoms with E-state index in [-0.39, 0.29) is 24.1 Å². The third-order valence-electron chi connectivity index (χ3n) is 2.56. The van der Waals surface area contributed by atoms with Crippen molar-refractivity contribution in [2.45, 2.75) is 32.2 Å². The quantitative estimate of drug-likeness (QED) is 0.736. The fourth-order valence-corrected chi connectivity index (χ4v) is 1.62. The van der Waals surface area contributed by atoms with Gasteiger partial charge in [0.05, 0.1) is 6.04 Å². The standard InChI is InChI=1S/C13H20N2O2.ClH/c1-2-4-12(14)13(17)15-8-7-10-5-3-6-11(16)9-10;/h3,5-6,9,12,16H,2,4,7-8,14H2,1H3,(H,15,17);1H. The lowest BCUT2D eigenvalue weighted by Gasteiger charge is -2.11. The maximum Gasteiger partial charge on any atom is 0.236 e. The molecule has 1 aromatic rings. The molecule has 0 fully saturated rings. The second-order valence-electron chi connectivity index (χ2n) is 4.11. The van der Waals surface area contributed by atoms with Crippen molar-refractivity contribution in [1.29, 1.82) is 0 Å². The maximum atomic E-state index is 11.5. The van der Waals surface area contributed by atoms with Crippen LogP contribution in [0.2, 0.25) is 0 Å². The molecule has 1 rings (SSSR count). The molecule has 1 amide bonds. The number of phenolic OH excluding ortho intramolecular Hbond substituents is 1. The molecule has 18 heavy (non-hydrogen) atoms. The van der Waals surface area contributed by atoms with Gasteiger partial charge in [-0.2, -0.15) is 0 Å². The minimum absolute atomic E-state index is 0. The van der Waals surface area contributed by atoms with Gasteiger partial charge in [0, 0.05) is 6.54 Å². The van der Waals surface area contributed by atoms with E-state index in [1.54, 1.807) is 18.2 Å². The van der Waals surface area contributed by atoms with Crippen LogP contribution in [0.15, 0.2) is 24.3 Å². The van der Waals surface area contributed by atoms with Crippen LogP contribution in [-0.2, 0) is 11.2 Å². The summed E-state index contributed by atoms with van der Waals surface area (Å²) in [5, 5.41) is 12.1. The lowest BCUT2D eigenvalue weighted by Crippen LogP contribution is -2.41. The van der Waals surface area contributed by atoms with Crippen molar-refractivity contribution in [1.82, 2.24) is 5.32 Å². The van der Waals surface area contributed by atoms with Gasteiger partial charge >= 0.3 is 0 Å². The molecule has 1 aromatic carbocycles. The minimum Gasteiger partial charge on any atom is -0.508 e. The van der Waals surface area contributed by atoms with Gasteiger partial charge in [-0.3, -0.25) is 4.79 Å². The number of carbonyl (C=O) groups excluding carboxylic acids is 1. The summed E-state index contributed by atoms with van der Waals surface area (Å²) in [6.45, 7) is 2.54. The van der Waals surface area contributed by atoms with E-state index in [0.29, 0.717) is 19.4 Å². The van der Waals surface area contributed by atoms with E-state index in [9.17, 15) is 9.90 Å². The van der Waals surface area contributed by atoms with Crippen LogP contribution in [0.1, 0.15) is 25.3 Å². The smallest absolute Gasteiger partial charge is 0.236 e. The van der Waals surface area contributed by atoms with Crippen molar-refractivity contribution < 1.29 is 9.90 Å². The summed E-state index contributed by atoms with van der Waals surface area (Å²) in [4.78, 5) is 11.5. The van der Waals surface area contributed by atoms with Crippen molar-refractivity contribution in [3.63, 3.8) is 0 Å². The zero-order chi connectivity index (χ0) is 12.7. The first kappa shape index (κ1) is 16.7. The first-order valence-electron chi connectivity index (χ1n) is 5.94. The molecule has 4 N–H and O–H groups in total.